The second kappa shape index (κ2) is 4.15. The molecule has 0 spiro atoms. The van der Waals surface area contributed by atoms with E-state index in [1.165, 1.54) is 0 Å². The lowest BCUT2D eigenvalue weighted by molar-refractivity contribution is 0.0915. The van der Waals surface area contributed by atoms with Gasteiger partial charge in [0.2, 0.25) is 0 Å². The Morgan fingerprint density at radius 1 is 1.21 bits per heavy atom. The summed E-state index contributed by atoms with van der Waals surface area (Å²) >= 11 is 0. The molecule has 1 aromatic carbocycles. The van der Waals surface area contributed by atoms with Gasteiger partial charge in [-0.3, -0.25) is 4.79 Å². The minimum atomic E-state index is -0.259. The van der Waals surface area contributed by atoms with E-state index < -0.39 is 0 Å². The zero-order valence-electron chi connectivity index (χ0n) is 11.6. The molecule has 3 rings (SSSR count). The Hall–Kier alpha value is -1.71. The predicted molar refractivity (Wildman–Crippen MR) is 72.1 cm³/mol. The fourth-order valence-electron chi connectivity index (χ4n) is 2.63. The molecule has 0 atom stereocenters. The topological polar surface area (TPSA) is 47.6 Å². The predicted octanol–water partition coefficient (Wildman–Crippen LogP) is 2.08. The SMILES string of the molecule is CC(C)(C)NC(=O)c1c2c(cc3c1OCC3)OCC2. The summed E-state index contributed by atoms with van der Waals surface area (Å²) in [4.78, 5) is 12.5. The van der Waals surface area contributed by atoms with Crippen molar-refractivity contribution in [1.29, 1.82) is 0 Å². The Balaban J connectivity index is 2.07. The fraction of sp³-hybridized carbons (Fsp3) is 0.533. The highest BCUT2D eigenvalue weighted by atomic mass is 16.5. The molecule has 1 aromatic rings. The highest BCUT2D eigenvalue weighted by Gasteiger charge is 2.31. The van der Waals surface area contributed by atoms with Crippen molar-refractivity contribution in [2.75, 3.05) is 13.2 Å². The second-order valence-corrected chi connectivity index (χ2v) is 6.12. The van der Waals surface area contributed by atoms with Gasteiger partial charge >= 0.3 is 0 Å². The van der Waals surface area contributed by atoms with Crippen LogP contribution in [0.5, 0.6) is 11.5 Å². The van der Waals surface area contributed by atoms with Gasteiger partial charge in [0.1, 0.15) is 11.5 Å². The Morgan fingerprint density at radius 3 is 2.68 bits per heavy atom. The van der Waals surface area contributed by atoms with E-state index in [-0.39, 0.29) is 11.4 Å². The maximum atomic E-state index is 12.5. The summed E-state index contributed by atoms with van der Waals surface area (Å²) in [5.41, 5.74) is 2.49. The minimum absolute atomic E-state index is 0.0620. The van der Waals surface area contributed by atoms with Crippen molar-refractivity contribution in [1.82, 2.24) is 5.32 Å². The number of ether oxygens (including phenoxy) is 2. The molecular weight excluding hydrogens is 242 g/mol. The summed E-state index contributed by atoms with van der Waals surface area (Å²) < 4.78 is 11.3. The van der Waals surface area contributed by atoms with Crippen LogP contribution in [0.25, 0.3) is 0 Å². The summed E-state index contributed by atoms with van der Waals surface area (Å²) in [6.07, 6.45) is 1.63. The number of benzene rings is 1. The van der Waals surface area contributed by atoms with Crippen molar-refractivity contribution in [3.63, 3.8) is 0 Å². The van der Waals surface area contributed by atoms with Crippen LogP contribution < -0.4 is 14.8 Å². The number of amides is 1. The fourth-order valence-corrected chi connectivity index (χ4v) is 2.63. The summed E-state index contributed by atoms with van der Waals surface area (Å²) in [6.45, 7) is 7.23. The zero-order valence-corrected chi connectivity index (χ0v) is 11.6. The number of fused-ring (bicyclic) bond motifs is 2. The third kappa shape index (κ3) is 2.15. The second-order valence-electron chi connectivity index (χ2n) is 6.12. The summed E-state index contributed by atoms with van der Waals surface area (Å²) in [7, 11) is 0. The van der Waals surface area contributed by atoms with Gasteiger partial charge in [0, 0.05) is 29.5 Å². The quantitative estimate of drug-likeness (QED) is 0.842. The van der Waals surface area contributed by atoms with E-state index in [1.54, 1.807) is 0 Å². The van der Waals surface area contributed by atoms with Gasteiger partial charge < -0.3 is 14.8 Å². The molecule has 19 heavy (non-hydrogen) atoms. The van der Waals surface area contributed by atoms with E-state index in [0.717, 1.165) is 35.5 Å². The molecule has 1 amide bonds. The molecule has 0 saturated heterocycles. The first-order valence-electron chi connectivity index (χ1n) is 6.72. The van der Waals surface area contributed by atoms with Gasteiger partial charge in [-0.25, -0.2) is 0 Å². The van der Waals surface area contributed by atoms with Crippen LogP contribution in [-0.4, -0.2) is 24.7 Å². The van der Waals surface area contributed by atoms with Gasteiger partial charge in [0.15, 0.2) is 0 Å². The van der Waals surface area contributed by atoms with E-state index in [2.05, 4.69) is 5.32 Å². The van der Waals surface area contributed by atoms with Crippen molar-refractivity contribution >= 4 is 5.91 Å². The van der Waals surface area contributed by atoms with Gasteiger partial charge in [0.05, 0.1) is 18.8 Å². The summed E-state index contributed by atoms with van der Waals surface area (Å²) in [5.74, 6) is 1.54. The number of hydrogen-bond acceptors (Lipinski definition) is 3. The molecule has 2 aliphatic rings. The lowest BCUT2D eigenvalue weighted by Gasteiger charge is -2.22. The molecular formula is C15H19NO3. The molecule has 2 aliphatic heterocycles. The van der Waals surface area contributed by atoms with Crippen LogP contribution in [0.3, 0.4) is 0 Å². The number of hydrogen-bond donors (Lipinski definition) is 1. The average molecular weight is 261 g/mol. The summed E-state index contributed by atoms with van der Waals surface area (Å²) in [5, 5.41) is 3.02. The Morgan fingerprint density at radius 2 is 1.95 bits per heavy atom. The molecule has 0 fully saturated rings. The monoisotopic (exact) mass is 261 g/mol. The van der Waals surface area contributed by atoms with Crippen LogP contribution in [0.1, 0.15) is 42.3 Å². The van der Waals surface area contributed by atoms with Gasteiger partial charge in [-0.2, -0.15) is 0 Å². The molecule has 102 valence electrons. The van der Waals surface area contributed by atoms with Crippen molar-refractivity contribution in [3.8, 4) is 11.5 Å². The van der Waals surface area contributed by atoms with Gasteiger partial charge in [0.25, 0.3) is 5.91 Å². The van der Waals surface area contributed by atoms with E-state index >= 15 is 0 Å². The van der Waals surface area contributed by atoms with Crippen molar-refractivity contribution in [3.05, 3.63) is 22.8 Å². The first kappa shape index (κ1) is 12.3. The molecule has 4 nitrogen and oxygen atoms in total. The van der Waals surface area contributed by atoms with E-state index in [9.17, 15) is 4.79 Å². The summed E-state index contributed by atoms with van der Waals surface area (Å²) in [6, 6.07) is 2.03. The molecule has 0 unspecified atom stereocenters. The largest absolute Gasteiger partial charge is 0.493 e. The normalized spacial score (nSPS) is 16.4. The maximum Gasteiger partial charge on any atom is 0.255 e. The van der Waals surface area contributed by atoms with Gasteiger partial charge in [-0.05, 0) is 26.8 Å². The van der Waals surface area contributed by atoms with Crippen LogP contribution in [-0.2, 0) is 12.8 Å². The lowest BCUT2D eigenvalue weighted by Crippen LogP contribution is -2.41. The van der Waals surface area contributed by atoms with Crippen LogP contribution in [0.2, 0.25) is 0 Å². The van der Waals surface area contributed by atoms with Crippen LogP contribution in [0, 0.1) is 0 Å². The number of rotatable bonds is 1. The molecule has 0 saturated carbocycles. The van der Waals surface area contributed by atoms with E-state index in [1.807, 2.05) is 26.8 Å². The molecule has 1 N–H and O–H groups in total. The van der Waals surface area contributed by atoms with Crippen LogP contribution >= 0.6 is 0 Å². The Kier molecular flexibility index (Phi) is 2.69. The molecule has 2 heterocycles. The first-order valence-corrected chi connectivity index (χ1v) is 6.72. The van der Waals surface area contributed by atoms with Crippen molar-refractivity contribution in [2.24, 2.45) is 0 Å². The smallest absolute Gasteiger partial charge is 0.255 e. The van der Waals surface area contributed by atoms with Crippen LogP contribution in [0.15, 0.2) is 6.07 Å². The zero-order chi connectivity index (χ0) is 13.6. The van der Waals surface area contributed by atoms with Crippen molar-refractivity contribution in [2.45, 2.75) is 39.2 Å². The van der Waals surface area contributed by atoms with Gasteiger partial charge in [-0.15, -0.1) is 0 Å². The van der Waals surface area contributed by atoms with E-state index in [4.69, 9.17) is 9.47 Å². The number of carbonyl (C=O) groups is 1. The third-order valence-corrected chi connectivity index (χ3v) is 3.37. The minimum Gasteiger partial charge on any atom is -0.493 e. The first-order chi connectivity index (χ1) is 8.96. The van der Waals surface area contributed by atoms with Crippen molar-refractivity contribution < 1.29 is 14.3 Å². The molecule has 0 aliphatic carbocycles. The number of carbonyl (C=O) groups excluding carboxylic acids is 1. The third-order valence-electron chi connectivity index (χ3n) is 3.37. The average Bonchev–Trinajstić information content (AvgIpc) is 2.89. The van der Waals surface area contributed by atoms with Crippen LogP contribution in [0.4, 0.5) is 0 Å². The Bertz CT molecular complexity index is 511. The maximum absolute atomic E-state index is 12.5. The standard InChI is InChI=1S/C15H19NO3/c1-15(2,3)16-14(17)12-10-5-7-18-11(10)8-9-4-6-19-13(9)12/h8H,4-7H2,1-3H3,(H,16,17). The molecule has 0 radical (unpaired) electrons. The van der Waals surface area contributed by atoms with E-state index in [0.29, 0.717) is 18.8 Å². The Labute approximate surface area is 113 Å². The molecule has 4 heteroatoms. The van der Waals surface area contributed by atoms with Gasteiger partial charge in [-0.1, -0.05) is 0 Å². The molecule has 0 bridgehead atoms. The number of nitrogens with one attached hydrogen (secondary N) is 1. The lowest BCUT2D eigenvalue weighted by atomic mass is 9.98. The molecule has 0 aromatic heterocycles. The highest BCUT2D eigenvalue weighted by Crippen LogP contribution is 2.40. The highest BCUT2D eigenvalue weighted by molar-refractivity contribution is 6.00.